The van der Waals surface area contributed by atoms with Gasteiger partial charge in [-0.05, 0) is 38.1 Å². The number of hydrogen-bond acceptors (Lipinski definition) is 6. The molecule has 1 N–H and O–H groups in total. The second-order valence-electron chi connectivity index (χ2n) is 7.74. The summed E-state index contributed by atoms with van der Waals surface area (Å²) in [7, 11) is 0. The van der Waals surface area contributed by atoms with Crippen LogP contribution in [0.5, 0.6) is 0 Å². The van der Waals surface area contributed by atoms with Crippen LogP contribution in [0.4, 0.5) is 5.69 Å². The first-order valence-corrected chi connectivity index (χ1v) is 11.3. The van der Waals surface area contributed by atoms with Crippen LogP contribution in [0.1, 0.15) is 18.4 Å². The highest BCUT2D eigenvalue weighted by Crippen LogP contribution is 2.25. The first-order valence-electron chi connectivity index (χ1n) is 10.4. The zero-order valence-corrected chi connectivity index (χ0v) is 18.3. The molecule has 1 atom stereocenters. The van der Waals surface area contributed by atoms with Crippen LogP contribution in [-0.2, 0) is 11.2 Å². The number of carbonyl (C=O) groups is 1. The summed E-state index contributed by atoms with van der Waals surface area (Å²) in [5.41, 5.74) is 2.07. The summed E-state index contributed by atoms with van der Waals surface area (Å²) < 4.78 is 5.61. The minimum atomic E-state index is 0.0113. The summed E-state index contributed by atoms with van der Waals surface area (Å²) in [6, 6.07) is 14.7. The molecule has 3 heterocycles. The van der Waals surface area contributed by atoms with Crippen molar-refractivity contribution in [2.24, 2.45) is 0 Å². The predicted octanol–water partition coefficient (Wildman–Crippen LogP) is 3.58. The van der Waals surface area contributed by atoms with Gasteiger partial charge in [-0.25, -0.2) is 4.98 Å². The molecule has 1 amide bonds. The number of rotatable bonds is 7. The van der Waals surface area contributed by atoms with Crippen LogP contribution in [0, 0.1) is 6.92 Å². The van der Waals surface area contributed by atoms with Crippen LogP contribution < -0.4 is 10.2 Å². The van der Waals surface area contributed by atoms with E-state index in [2.05, 4.69) is 57.4 Å². The van der Waals surface area contributed by atoms with Gasteiger partial charge < -0.3 is 14.6 Å². The second kappa shape index (κ2) is 9.45. The van der Waals surface area contributed by atoms with Crippen LogP contribution in [0.15, 0.2) is 52.3 Å². The smallest absolute Gasteiger partial charge is 0.226 e. The average Bonchev–Trinajstić information content (AvgIpc) is 3.41. The highest BCUT2D eigenvalue weighted by atomic mass is 32.1. The molecule has 0 radical (unpaired) electrons. The first-order chi connectivity index (χ1) is 14.6. The van der Waals surface area contributed by atoms with Gasteiger partial charge in [-0.2, -0.15) is 0 Å². The maximum Gasteiger partial charge on any atom is 0.226 e. The number of nitrogens with one attached hydrogen (secondary N) is 1. The molecule has 7 heteroatoms. The third-order valence-electron chi connectivity index (χ3n) is 5.50. The molecular formula is C23H28N4O2S. The topological polar surface area (TPSA) is 61.6 Å². The van der Waals surface area contributed by atoms with Gasteiger partial charge in [0, 0.05) is 49.8 Å². The predicted molar refractivity (Wildman–Crippen MR) is 121 cm³/mol. The van der Waals surface area contributed by atoms with E-state index in [4.69, 9.17) is 4.42 Å². The molecule has 158 valence electrons. The van der Waals surface area contributed by atoms with E-state index < -0.39 is 0 Å². The van der Waals surface area contributed by atoms with Gasteiger partial charge in [-0.15, -0.1) is 11.3 Å². The van der Waals surface area contributed by atoms with Crippen molar-refractivity contribution >= 4 is 22.9 Å². The average molecular weight is 425 g/mol. The number of thiazole rings is 1. The van der Waals surface area contributed by atoms with Gasteiger partial charge in [0.15, 0.2) is 10.8 Å². The lowest BCUT2D eigenvalue weighted by atomic mass is 10.2. The number of furan rings is 1. The minimum absolute atomic E-state index is 0.0113. The van der Waals surface area contributed by atoms with Gasteiger partial charge in [-0.1, -0.05) is 18.2 Å². The summed E-state index contributed by atoms with van der Waals surface area (Å²) in [5.74, 6) is 1.63. The molecule has 0 saturated carbocycles. The van der Waals surface area contributed by atoms with Gasteiger partial charge in [0.25, 0.3) is 0 Å². The molecule has 0 bridgehead atoms. The zero-order valence-electron chi connectivity index (χ0n) is 17.5. The van der Waals surface area contributed by atoms with E-state index in [0.717, 1.165) is 48.4 Å². The van der Waals surface area contributed by atoms with Crippen molar-refractivity contribution in [3.63, 3.8) is 0 Å². The summed E-state index contributed by atoms with van der Waals surface area (Å²) >= 11 is 1.51. The molecule has 30 heavy (non-hydrogen) atoms. The Balaban J connectivity index is 1.21. The van der Waals surface area contributed by atoms with Gasteiger partial charge in [-0.3, -0.25) is 9.69 Å². The Morgan fingerprint density at radius 3 is 2.63 bits per heavy atom. The van der Waals surface area contributed by atoms with Crippen molar-refractivity contribution in [1.82, 2.24) is 15.2 Å². The van der Waals surface area contributed by atoms with E-state index in [1.54, 1.807) is 0 Å². The highest BCUT2D eigenvalue weighted by molar-refractivity contribution is 7.13. The van der Waals surface area contributed by atoms with E-state index in [1.165, 1.54) is 17.0 Å². The normalized spacial score (nSPS) is 15.9. The summed E-state index contributed by atoms with van der Waals surface area (Å²) in [4.78, 5) is 21.8. The quantitative estimate of drug-likeness (QED) is 0.628. The fraction of sp³-hybridized carbons (Fsp3) is 0.391. The molecule has 2 aromatic heterocycles. The molecule has 0 unspecified atom stereocenters. The van der Waals surface area contributed by atoms with Crippen LogP contribution in [-0.4, -0.2) is 54.6 Å². The van der Waals surface area contributed by atoms with Crippen molar-refractivity contribution in [1.29, 1.82) is 0 Å². The maximum absolute atomic E-state index is 12.4. The molecule has 3 aromatic rings. The number of para-hydroxylation sites is 1. The van der Waals surface area contributed by atoms with Gasteiger partial charge >= 0.3 is 0 Å². The van der Waals surface area contributed by atoms with Crippen LogP contribution in [0.3, 0.4) is 0 Å². The number of nitrogens with zero attached hydrogens (tertiary/aromatic N) is 3. The molecule has 0 spiro atoms. The number of piperazine rings is 1. The Morgan fingerprint density at radius 1 is 1.17 bits per heavy atom. The molecule has 0 aliphatic carbocycles. The number of amides is 1. The third-order valence-corrected chi connectivity index (χ3v) is 6.40. The Labute approximate surface area is 181 Å². The summed E-state index contributed by atoms with van der Waals surface area (Å²) in [6.07, 6.45) is 0.296. The van der Waals surface area contributed by atoms with Gasteiger partial charge in [0.2, 0.25) is 5.91 Å². The summed E-state index contributed by atoms with van der Waals surface area (Å²) in [5, 5.41) is 5.82. The molecule has 1 aliphatic heterocycles. The monoisotopic (exact) mass is 424 g/mol. The third kappa shape index (κ3) is 5.09. The van der Waals surface area contributed by atoms with Crippen molar-refractivity contribution in [2.75, 3.05) is 37.6 Å². The van der Waals surface area contributed by atoms with Crippen molar-refractivity contribution in [2.45, 2.75) is 26.3 Å². The number of aryl methyl sites for hydroxylation is 1. The first kappa shape index (κ1) is 20.6. The SMILES string of the molecule is Cc1ccc(-c2nc(CC(=O)NC[C@@H](C)N3CCN(c4ccccc4)CC3)cs2)o1. The second-order valence-corrected chi connectivity index (χ2v) is 8.60. The van der Waals surface area contributed by atoms with Crippen molar-refractivity contribution in [3.05, 3.63) is 59.3 Å². The lowest BCUT2D eigenvalue weighted by Crippen LogP contribution is -2.52. The van der Waals surface area contributed by atoms with E-state index in [-0.39, 0.29) is 5.91 Å². The Bertz CT molecular complexity index is 961. The number of anilines is 1. The molecule has 1 aromatic carbocycles. The Hall–Kier alpha value is -2.64. The van der Waals surface area contributed by atoms with Gasteiger partial charge in [0.05, 0.1) is 12.1 Å². The highest BCUT2D eigenvalue weighted by Gasteiger charge is 2.21. The fourth-order valence-electron chi connectivity index (χ4n) is 3.73. The van der Waals surface area contributed by atoms with Gasteiger partial charge in [0.1, 0.15) is 5.76 Å². The molecule has 6 nitrogen and oxygen atoms in total. The lowest BCUT2D eigenvalue weighted by molar-refractivity contribution is -0.120. The van der Waals surface area contributed by atoms with E-state index in [1.807, 2.05) is 24.4 Å². The van der Waals surface area contributed by atoms with E-state index >= 15 is 0 Å². The number of benzene rings is 1. The Morgan fingerprint density at radius 2 is 1.93 bits per heavy atom. The van der Waals surface area contributed by atoms with Crippen LogP contribution >= 0.6 is 11.3 Å². The number of aromatic nitrogens is 1. The maximum atomic E-state index is 12.4. The molecule has 1 aliphatic rings. The van der Waals surface area contributed by atoms with Crippen molar-refractivity contribution < 1.29 is 9.21 Å². The molecule has 1 fully saturated rings. The van der Waals surface area contributed by atoms with E-state index in [9.17, 15) is 4.79 Å². The Kier molecular flexibility index (Phi) is 6.50. The van der Waals surface area contributed by atoms with Crippen molar-refractivity contribution in [3.8, 4) is 10.8 Å². The largest absolute Gasteiger partial charge is 0.459 e. The van der Waals surface area contributed by atoms with Crippen LogP contribution in [0.25, 0.3) is 10.8 Å². The summed E-state index contributed by atoms with van der Waals surface area (Å²) in [6.45, 7) is 8.77. The van der Waals surface area contributed by atoms with E-state index in [0.29, 0.717) is 19.0 Å². The lowest BCUT2D eigenvalue weighted by Gasteiger charge is -2.39. The molecular weight excluding hydrogens is 396 g/mol. The fourth-order valence-corrected chi connectivity index (χ4v) is 4.51. The zero-order chi connectivity index (χ0) is 20.9. The molecule has 1 saturated heterocycles. The minimum Gasteiger partial charge on any atom is -0.459 e. The number of carbonyl (C=O) groups excluding carboxylic acids is 1. The number of hydrogen-bond donors (Lipinski definition) is 1. The standard InChI is InChI=1S/C23H28N4O2S/c1-17(26-10-12-27(13-11-26)20-6-4-3-5-7-20)15-24-22(28)14-19-16-30-23(25-19)21-9-8-18(2)29-21/h3-9,16-17H,10-15H2,1-2H3,(H,24,28)/t17-/m1/s1. The van der Waals surface area contributed by atoms with Crippen LogP contribution in [0.2, 0.25) is 0 Å². The molecule has 4 rings (SSSR count).